The molecule has 3 nitrogen and oxygen atoms in total. The number of carbonyl (C=O) groups excluding carboxylic acids is 1. The lowest BCUT2D eigenvalue weighted by Crippen LogP contribution is -2.04. The Kier molecular flexibility index (Phi) is 4.41. The fourth-order valence-electron chi connectivity index (χ4n) is 1.40. The second kappa shape index (κ2) is 5.82. The normalized spacial score (nSPS) is 9.12. The van der Waals surface area contributed by atoms with E-state index in [1.54, 1.807) is 25.1 Å². The van der Waals surface area contributed by atoms with Crippen LogP contribution in [-0.4, -0.2) is 12.9 Å². The molecule has 3 heteroatoms. The number of methoxy groups -OCH3 is 1. The van der Waals surface area contributed by atoms with E-state index in [1.807, 2.05) is 0 Å². The van der Waals surface area contributed by atoms with Crippen molar-refractivity contribution in [1.29, 1.82) is 0 Å². The molecule has 1 aromatic rings. The van der Waals surface area contributed by atoms with Gasteiger partial charge in [0.1, 0.15) is 5.75 Å². The topological polar surface area (TPSA) is 52.3 Å². The van der Waals surface area contributed by atoms with Gasteiger partial charge in [0.05, 0.1) is 12.8 Å². The molecule has 0 fully saturated rings. The predicted octanol–water partition coefficient (Wildman–Crippen LogP) is 2.26. The molecule has 0 aromatic heterocycles. The number of hydrogen-bond donors (Lipinski definition) is 1. The maximum Gasteiger partial charge on any atom is 0.166 e. The summed E-state index contributed by atoms with van der Waals surface area (Å²) in [7, 11) is 1.53. The quantitative estimate of drug-likeness (QED) is 0.478. The molecule has 0 unspecified atom stereocenters. The van der Waals surface area contributed by atoms with E-state index >= 15 is 0 Å². The van der Waals surface area contributed by atoms with Crippen molar-refractivity contribution in [3.8, 4) is 17.6 Å². The molecule has 0 bridgehead atoms. The van der Waals surface area contributed by atoms with Gasteiger partial charge < -0.3 is 10.5 Å². The number of anilines is 1. The van der Waals surface area contributed by atoms with Crippen molar-refractivity contribution < 1.29 is 9.53 Å². The molecular formula is C13H15NO2. The van der Waals surface area contributed by atoms with Gasteiger partial charge in [0.2, 0.25) is 0 Å². The van der Waals surface area contributed by atoms with Crippen molar-refractivity contribution in [3.63, 3.8) is 0 Å². The minimum Gasteiger partial charge on any atom is -0.495 e. The van der Waals surface area contributed by atoms with E-state index in [1.165, 1.54) is 7.11 Å². The molecule has 16 heavy (non-hydrogen) atoms. The van der Waals surface area contributed by atoms with Crippen LogP contribution in [0, 0.1) is 11.8 Å². The van der Waals surface area contributed by atoms with Crippen LogP contribution in [0.4, 0.5) is 5.69 Å². The van der Waals surface area contributed by atoms with Crippen molar-refractivity contribution in [1.82, 2.24) is 0 Å². The first-order valence-corrected chi connectivity index (χ1v) is 5.06. The molecule has 0 saturated heterocycles. The van der Waals surface area contributed by atoms with Gasteiger partial charge in [0, 0.05) is 18.4 Å². The van der Waals surface area contributed by atoms with Crippen LogP contribution in [0.15, 0.2) is 18.2 Å². The monoisotopic (exact) mass is 217 g/mol. The highest BCUT2D eigenvalue weighted by Gasteiger charge is 2.11. The first kappa shape index (κ1) is 12.1. The van der Waals surface area contributed by atoms with Crippen molar-refractivity contribution in [3.05, 3.63) is 23.8 Å². The third-order valence-electron chi connectivity index (χ3n) is 2.24. The van der Waals surface area contributed by atoms with Gasteiger partial charge in [0.15, 0.2) is 5.78 Å². The molecule has 84 valence electrons. The van der Waals surface area contributed by atoms with Crippen LogP contribution in [0.25, 0.3) is 0 Å². The molecule has 0 amide bonds. The molecule has 1 rings (SSSR count). The van der Waals surface area contributed by atoms with E-state index in [2.05, 4.69) is 11.8 Å². The summed E-state index contributed by atoms with van der Waals surface area (Å²) in [6.45, 7) is 1.75. The standard InChI is InChI=1S/C13H15NO2/c1-3-4-5-8-11(15)10-7-6-9-12(16-2)13(10)14/h6-7,9H,5,8,14H2,1-2H3. The minimum absolute atomic E-state index is 0.000787. The van der Waals surface area contributed by atoms with Gasteiger partial charge in [-0.25, -0.2) is 0 Å². The molecule has 0 spiro atoms. The van der Waals surface area contributed by atoms with Gasteiger partial charge in [-0.3, -0.25) is 4.79 Å². The fourth-order valence-corrected chi connectivity index (χ4v) is 1.40. The van der Waals surface area contributed by atoms with Crippen LogP contribution in [0.3, 0.4) is 0 Å². The van der Waals surface area contributed by atoms with Gasteiger partial charge >= 0.3 is 0 Å². The fraction of sp³-hybridized carbons (Fsp3) is 0.308. The summed E-state index contributed by atoms with van der Waals surface area (Å²) in [5.41, 5.74) is 6.73. The Labute approximate surface area is 95.6 Å². The SMILES string of the molecule is CC#CCCC(=O)c1cccc(OC)c1N. The maximum absolute atomic E-state index is 11.8. The third-order valence-corrected chi connectivity index (χ3v) is 2.24. The maximum atomic E-state index is 11.8. The van der Waals surface area contributed by atoms with Crippen LogP contribution in [-0.2, 0) is 0 Å². The number of rotatable bonds is 4. The summed E-state index contributed by atoms with van der Waals surface area (Å²) >= 11 is 0. The van der Waals surface area contributed by atoms with E-state index < -0.39 is 0 Å². The highest BCUT2D eigenvalue weighted by Crippen LogP contribution is 2.25. The second-order valence-corrected chi connectivity index (χ2v) is 3.27. The summed E-state index contributed by atoms with van der Waals surface area (Å²) in [6, 6.07) is 5.20. The van der Waals surface area contributed by atoms with Crippen molar-refractivity contribution in [2.24, 2.45) is 0 Å². The Balaban J connectivity index is 2.85. The zero-order valence-corrected chi connectivity index (χ0v) is 9.54. The van der Waals surface area contributed by atoms with Gasteiger partial charge in [-0.2, -0.15) is 0 Å². The number of ether oxygens (including phenoxy) is 1. The molecule has 2 N–H and O–H groups in total. The molecule has 0 atom stereocenters. The van der Waals surface area contributed by atoms with Gasteiger partial charge in [-0.1, -0.05) is 6.07 Å². The molecule has 1 aromatic carbocycles. The second-order valence-electron chi connectivity index (χ2n) is 3.27. The Hall–Kier alpha value is -1.95. The predicted molar refractivity (Wildman–Crippen MR) is 64.4 cm³/mol. The molecule has 0 aliphatic carbocycles. The van der Waals surface area contributed by atoms with Crippen LogP contribution >= 0.6 is 0 Å². The Morgan fingerprint density at radius 2 is 2.25 bits per heavy atom. The number of benzene rings is 1. The van der Waals surface area contributed by atoms with E-state index in [-0.39, 0.29) is 5.78 Å². The van der Waals surface area contributed by atoms with Gasteiger partial charge in [0.25, 0.3) is 0 Å². The van der Waals surface area contributed by atoms with Crippen LogP contribution in [0.1, 0.15) is 30.1 Å². The number of nitrogen functional groups attached to an aromatic ring is 1. The summed E-state index contributed by atoms with van der Waals surface area (Å²) in [5, 5.41) is 0. The van der Waals surface area contributed by atoms with Crippen molar-refractivity contribution in [2.75, 3.05) is 12.8 Å². The average molecular weight is 217 g/mol. The van der Waals surface area contributed by atoms with Crippen molar-refractivity contribution in [2.45, 2.75) is 19.8 Å². The smallest absolute Gasteiger partial charge is 0.166 e. The van der Waals surface area contributed by atoms with E-state index in [0.717, 1.165) is 0 Å². The Morgan fingerprint density at radius 1 is 1.50 bits per heavy atom. The zero-order valence-electron chi connectivity index (χ0n) is 9.54. The zero-order chi connectivity index (χ0) is 12.0. The first-order valence-electron chi connectivity index (χ1n) is 5.06. The summed E-state index contributed by atoms with van der Waals surface area (Å²) < 4.78 is 5.06. The minimum atomic E-state index is -0.000787. The van der Waals surface area contributed by atoms with E-state index in [4.69, 9.17) is 10.5 Å². The first-order chi connectivity index (χ1) is 7.70. The van der Waals surface area contributed by atoms with Crippen LogP contribution in [0.2, 0.25) is 0 Å². The summed E-state index contributed by atoms with van der Waals surface area (Å²) in [4.78, 5) is 11.8. The van der Waals surface area contributed by atoms with E-state index in [9.17, 15) is 4.79 Å². The number of nitrogens with two attached hydrogens (primary N) is 1. The third kappa shape index (κ3) is 2.77. The number of hydrogen-bond acceptors (Lipinski definition) is 3. The lowest BCUT2D eigenvalue weighted by Gasteiger charge is -2.08. The van der Waals surface area contributed by atoms with Gasteiger partial charge in [-0.15, -0.1) is 11.8 Å². The molecule has 0 aliphatic heterocycles. The molecule has 0 saturated carbocycles. The van der Waals surface area contributed by atoms with E-state index in [0.29, 0.717) is 29.8 Å². The van der Waals surface area contributed by atoms with Gasteiger partial charge in [-0.05, 0) is 19.1 Å². The summed E-state index contributed by atoms with van der Waals surface area (Å²) in [6.07, 6.45) is 0.949. The van der Waals surface area contributed by atoms with Crippen LogP contribution in [0.5, 0.6) is 5.75 Å². The highest BCUT2D eigenvalue weighted by atomic mass is 16.5. The lowest BCUT2D eigenvalue weighted by atomic mass is 10.0. The molecule has 0 radical (unpaired) electrons. The highest BCUT2D eigenvalue weighted by molar-refractivity contribution is 6.01. The molecule has 0 aliphatic rings. The van der Waals surface area contributed by atoms with Crippen molar-refractivity contribution >= 4 is 11.5 Å². The van der Waals surface area contributed by atoms with Crippen LogP contribution < -0.4 is 10.5 Å². The number of Topliss-reactive ketones (excluding diaryl/α,β-unsaturated/α-hetero) is 1. The summed E-state index contributed by atoms with van der Waals surface area (Å²) in [5.74, 6) is 6.14. The number of ketones is 1. The number of carbonyl (C=O) groups is 1. The lowest BCUT2D eigenvalue weighted by molar-refractivity contribution is 0.0985. The Bertz CT molecular complexity index is 441. The number of para-hydroxylation sites is 1. The molecule has 0 heterocycles. The largest absolute Gasteiger partial charge is 0.495 e. The molecular weight excluding hydrogens is 202 g/mol. The average Bonchev–Trinajstić information content (AvgIpc) is 2.29. The Morgan fingerprint density at radius 3 is 2.88 bits per heavy atom.